The Bertz CT molecular complexity index is 1350. The molecule has 0 aliphatic heterocycles. The number of carbonyl (C=O) groups is 1. The number of pyridine rings is 1. The van der Waals surface area contributed by atoms with Gasteiger partial charge in [-0.25, -0.2) is 9.50 Å². The molecule has 190 valence electrons. The molecule has 1 amide bonds. The maximum atomic E-state index is 13.0. The van der Waals surface area contributed by atoms with E-state index in [4.69, 9.17) is 5.10 Å². The van der Waals surface area contributed by atoms with Gasteiger partial charge in [-0.1, -0.05) is 45.0 Å². The van der Waals surface area contributed by atoms with Gasteiger partial charge in [0.05, 0.1) is 23.5 Å². The van der Waals surface area contributed by atoms with E-state index in [1.807, 2.05) is 39.0 Å². The molecule has 2 atom stereocenters. The van der Waals surface area contributed by atoms with Gasteiger partial charge in [0.25, 0.3) is 0 Å². The van der Waals surface area contributed by atoms with Gasteiger partial charge in [0.2, 0.25) is 5.91 Å². The van der Waals surface area contributed by atoms with Crippen molar-refractivity contribution >= 4 is 11.6 Å². The van der Waals surface area contributed by atoms with Gasteiger partial charge < -0.3 is 4.90 Å². The van der Waals surface area contributed by atoms with Crippen molar-refractivity contribution in [3.63, 3.8) is 0 Å². The Morgan fingerprint density at radius 2 is 1.78 bits per heavy atom. The summed E-state index contributed by atoms with van der Waals surface area (Å²) in [5.41, 5.74) is 8.19. The van der Waals surface area contributed by atoms with E-state index >= 15 is 0 Å². The summed E-state index contributed by atoms with van der Waals surface area (Å²) in [6, 6.07) is 10.4. The van der Waals surface area contributed by atoms with Gasteiger partial charge in [0.1, 0.15) is 6.33 Å². The van der Waals surface area contributed by atoms with Gasteiger partial charge in [-0.05, 0) is 63.0 Å². The summed E-state index contributed by atoms with van der Waals surface area (Å²) in [5.74, 6) is 0.385. The molecular formula is C28H37N7O. The average Bonchev–Trinajstić information content (AvgIpc) is 3.54. The zero-order chi connectivity index (χ0) is 26.1. The number of H-pyrrole nitrogens is 1. The molecule has 36 heavy (non-hydrogen) atoms. The van der Waals surface area contributed by atoms with Crippen LogP contribution in [0.25, 0.3) is 28.2 Å². The number of aromatic amines is 1. The van der Waals surface area contributed by atoms with Crippen LogP contribution < -0.4 is 0 Å². The van der Waals surface area contributed by atoms with E-state index in [9.17, 15) is 4.79 Å². The lowest BCUT2D eigenvalue weighted by Gasteiger charge is -2.31. The molecule has 0 bridgehead atoms. The van der Waals surface area contributed by atoms with Crippen LogP contribution in [0.4, 0.5) is 0 Å². The van der Waals surface area contributed by atoms with Gasteiger partial charge >= 0.3 is 0 Å². The van der Waals surface area contributed by atoms with E-state index in [0.717, 1.165) is 45.8 Å². The number of aryl methyl sites for hydroxylation is 1. The Balaban J connectivity index is 1.63. The number of carbonyl (C=O) groups excluding carboxylic acids is 1. The van der Waals surface area contributed by atoms with Gasteiger partial charge in [0, 0.05) is 24.4 Å². The summed E-state index contributed by atoms with van der Waals surface area (Å²) < 4.78 is 1.80. The number of aromatic nitrogens is 5. The number of rotatable bonds is 8. The molecule has 0 aliphatic rings. The lowest BCUT2D eigenvalue weighted by molar-refractivity contribution is -0.136. The number of hydrogen-bond acceptors (Lipinski definition) is 5. The van der Waals surface area contributed by atoms with Crippen molar-refractivity contribution in [3.05, 3.63) is 59.5 Å². The van der Waals surface area contributed by atoms with Crippen molar-refractivity contribution in [2.24, 2.45) is 0 Å². The third-order valence-electron chi connectivity index (χ3n) is 7.34. The Kier molecular flexibility index (Phi) is 7.26. The third-order valence-corrected chi connectivity index (χ3v) is 7.34. The molecule has 1 aromatic carbocycles. The zero-order valence-corrected chi connectivity index (χ0v) is 22.6. The van der Waals surface area contributed by atoms with Crippen LogP contribution in [-0.2, 0) is 4.79 Å². The molecule has 8 nitrogen and oxygen atoms in total. The quantitative estimate of drug-likeness (QED) is 0.375. The number of hydrogen-bond donors (Lipinski definition) is 1. The van der Waals surface area contributed by atoms with Gasteiger partial charge in [-0.3, -0.25) is 14.8 Å². The van der Waals surface area contributed by atoms with Crippen molar-refractivity contribution in [1.29, 1.82) is 0 Å². The largest absolute Gasteiger partial charge is 0.338 e. The normalized spacial score (nSPS) is 13.5. The number of nitrogens with zero attached hydrogens (tertiary/aromatic N) is 6. The summed E-state index contributed by atoms with van der Waals surface area (Å²) in [6.45, 7) is 13.3. The molecule has 4 rings (SSSR count). The number of amides is 1. The SMILES string of the molecule is CCN(C)[C@H](C)C(=O)N(C)[C@@H](C)c1ccc(-c2[nH]nc(-c3cc(C)c4ncnn4c3)c2C(C)C)cc1. The molecule has 4 aromatic rings. The van der Waals surface area contributed by atoms with Gasteiger partial charge in [0.15, 0.2) is 5.65 Å². The van der Waals surface area contributed by atoms with E-state index in [-0.39, 0.29) is 23.9 Å². The molecule has 0 saturated carbocycles. The second-order valence-corrected chi connectivity index (χ2v) is 9.95. The Morgan fingerprint density at radius 1 is 1.08 bits per heavy atom. The fourth-order valence-electron chi connectivity index (χ4n) is 4.68. The molecule has 3 heterocycles. The second kappa shape index (κ2) is 10.2. The van der Waals surface area contributed by atoms with Crippen LogP contribution in [0.5, 0.6) is 0 Å². The van der Waals surface area contributed by atoms with Crippen LogP contribution >= 0.6 is 0 Å². The van der Waals surface area contributed by atoms with E-state index in [2.05, 4.69) is 78.1 Å². The maximum absolute atomic E-state index is 13.0. The van der Waals surface area contributed by atoms with Crippen LogP contribution in [0, 0.1) is 6.92 Å². The molecule has 0 saturated heterocycles. The van der Waals surface area contributed by atoms with Crippen molar-refractivity contribution < 1.29 is 4.79 Å². The molecule has 0 fully saturated rings. The summed E-state index contributed by atoms with van der Waals surface area (Å²) in [4.78, 5) is 21.2. The molecule has 0 radical (unpaired) electrons. The van der Waals surface area contributed by atoms with Crippen LogP contribution in [0.2, 0.25) is 0 Å². The predicted octanol–water partition coefficient (Wildman–Crippen LogP) is 5.08. The second-order valence-electron chi connectivity index (χ2n) is 9.95. The number of benzene rings is 1. The first-order chi connectivity index (χ1) is 17.1. The fraction of sp³-hybridized carbons (Fsp3) is 0.429. The minimum absolute atomic E-state index is 0.0291. The average molecular weight is 488 g/mol. The van der Waals surface area contributed by atoms with Crippen molar-refractivity contribution in [1.82, 2.24) is 34.6 Å². The highest BCUT2D eigenvalue weighted by atomic mass is 16.2. The Labute approximate surface area is 213 Å². The van der Waals surface area contributed by atoms with Crippen LogP contribution in [-0.4, -0.2) is 67.2 Å². The highest BCUT2D eigenvalue weighted by molar-refractivity contribution is 5.81. The molecule has 3 aromatic heterocycles. The van der Waals surface area contributed by atoms with Crippen LogP contribution in [0.15, 0.2) is 42.9 Å². The number of fused-ring (bicyclic) bond motifs is 1. The minimum Gasteiger partial charge on any atom is -0.338 e. The first-order valence-corrected chi connectivity index (χ1v) is 12.6. The minimum atomic E-state index is -0.154. The first-order valence-electron chi connectivity index (χ1n) is 12.6. The van der Waals surface area contributed by atoms with E-state index in [0.29, 0.717) is 0 Å². The summed E-state index contributed by atoms with van der Waals surface area (Å²) in [6.07, 6.45) is 3.55. The van der Waals surface area contributed by atoms with Crippen LogP contribution in [0.1, 0.15) is 63.3 Å². The lowest BCUT2D eigenvalue weighted by Crippen LogP contribution is -2.44. The molecular weight excluding hydrogens is 450 g/mol. The van der Waals surface area contributed by atoms with Gasteiger partial charge in [-0.15, -0.1) is 0 Å². The fourth-order valence-corrected chi connectivity index (χ4v) is 4.68. The standard InChI is InChI=1S/C28H37N7O/c1-9-33(7)20(6)28(36)34(8)19(5)21-10-12-22(13-11-21)25-24(17(2)3)26(32-31-25)23-14-18(4)27-29-16-30-35(27)15-23/h10-17,19-20H,9H2,1-8H3,(H,31,32)/t19-,20+/m0/s1. The Morgan fingerprint density at radius 3 is 2.42 bits per heavy atom. The topological polar surface area (TPSA) is 82.4 Å². The number of likely N-dealkylation sites (N-methyl/N-ethyl adjacent to an activating group) is 2. The van der Waals surface area contributed by atoms with Crippen molar-refractivity contribution in [2.45, 2.75) is 59.5 Å². The van der Waals surface area contributed by atoms with Crippen molar-refractivity contribution in [2.75, 3.05) is 20.6 Å². The zero-order valence-electron chi connectivity index (χ0n) is 22.6. The Hall–Kier alpha value is -3.52. The summed E-state index contributed by atoms with van der Waals surface area (Å²) >= 11 is 0. The summed E-state index contributed by atoms with van der Waals surface area (Å²) in [7, 11) is 3.86. The molecule has 0 aliphatic carbocycles. The van der Waals surface area contributed by atoms with E-state index in [1.54, 1.807) is 10.8 Å². The first kappa shape index (κ1) is 25.6. The number of nitrogens with one attached hydrogen (secondary N) is 1. The predicted molar refractivity (Wildman–Crippen MR) is 144 cm³/mol. The molecule has 0 unspecified atom stereocenters. The van der Waals surface area contributed by atoms with E-state index < -0.39 is 0 Å². The van der Waals surface area contributed by atoms with Gasteiger partial charge in [-0.2, -0.15) is 10.2 Å². The maximum Gasteiger partial charge on any atom is 0.239 e. The summed E-state index contributed by atoms with van der Waals surface area (Å²) in [5, 5.41) is 12.3. The highest BCUT2D eigenvalue weighted by Crippen LogP contribution is 2.36. The van der Waals surface area contributed by atoms with E-state index in [1.165, 1.54) is 5.56 Å². The molecule has 0 spiro atoms. The highest BCUT2D eigenvalue weighted by Gasteiger charge is 2.25. The molecule has 1 N–H and O–H groups in total. The van der Waals surface area contributed by atoms with Crippen molar-refractivity contribution in [3.8, 4) is 22.5 Å². The third kappa shape index (κ3) is 4.65. The molecule has 8 heteroatoms. The lowest BCUT2D eigenvalue weighted by atomic mass is 9.93. The smallest absolute Gasteiger partial charge is 0.239 e. The monoisotopic (exact) mass is 487 g/mol. The van der Waals surface area contributed by atoms with Crippen LogP contribution in [0.3, 0.4) is 0 Å².